The molecule has 1 aromatic carbocycles. The Kier molecular flexibility index (Phi) is 3.93. The van der Waals surface area contributed by atoms with Crippen LogP contribution in [0.3, 0.4) is 0 Å². The normalized spacial score (nSPS) is 32.6. The maximum atomic E-state index is 6.92. The first-order valence-corrected chi connectivity index (χ1v) is 8.12. The Hall–Kier alpha value is -0.820. The van der Waals surface area contributed by atoms with Crippen LogP contribution in [0.25, 0.3) is 0 Å². The second-order valence-electron chi connectivity index (χ2n) is 6.80. The number of hydrogen-bond donors (Lipinski definition) is 1. The third kappa shape index (κ3) is 2.86. The van der Waals surface area contributed by atoms with E-state index in [2.05, 4.69) is 30.3 Å². The van der Waals surface area contributed by atoms with E-state index >= 15 is 0 Å². The molecule has 0 bridgehead atoms. The Bertz CT molecular complexity index is 393. The Morgan fingerprint density at radius 2 is 1.63 bits per heavy atom. The highest BCUT2D eigenvalue weighted by Crippen LogP contribution is 2.45. The summed E-state index contributed by atoms with van der Waals surface area (Å²) in [5.74, 6) is 1.48. The van der Waals surface area contributed by atoms with Crippen molar-refractivity contribution in [2.45, 2.75) is 69.2 Å². The lowest BCUT2D eigenvalue weighted by molar-refractivity contribution is 0.203. The SMILES string of the molecule is NC1(CC2CCCC2)CCCCC1c1ccccc1. The van der Waals surface area contributed by atoms with Crippen molar-refractivity contribution in [3.8, 4) is 0 Å². The third-order valence-corrected chi connectivity index (χ3v) is 5.42. The highest BCUT2D eigenvalue weighted by Gasteiger charge is 2.39. The number of rotatable bonds is 3. The van der Waals surface area contributed by atoms with Crippen LogP contribution in [0, 0.1) is 5.92 Å². The maximum Gasteiger partial charge on any atom is 0.0226 e. The summed E-state index contributed by atoms with van der Waals surface area (Å²) in [4.78, 5) is 0. The predicted molar refractivity (Wildman–Crippen MR) is 81.1 cm³/mol. The van der Waals surface area contributed by atoms with Crippen LogP contribution in [0.1, 0.15) is 69.3 Å². The molecule has 3 rings (SSSR count). The average Bonchev–Trinajstić information content (AvgIpc) is 2.92. The van der Waals surface area contributed by atoms with Crippen molar-refractivity contribution >= 4 is 0 Å². The minimum Gasteiger partial charge on any atom is -0.325 e. The van der Waals surface area contributed by atoms with E-state index in [0.29, 0.717) is 5.92 Å². The Balaban J connectivity index is 1.79. The van der Waals surface area contributed by atoms with Crippen LogP contribution in [0.5, 0.6) is 0 Å². The summed E-state index contributed by atoms with van der Waals surface area (Å²) in [7, 11) is 0. The van der Waals surface area contributed by atoms with Crippen molar-refractivity contribution in [2.75, 3.05) is 0 Å². The van der Waals surface area contributed by atoms with E-state index in [1.807, 2.05) is 0 Å². The molecule has 1 nitrogen and oxygen atoms in total. The summed E-state index contributed by atoms with van der Waals surface area (Å²) < 4.78 is 0. The first-order valence-electron chi connectivity index (χ1n) is 8.12. The van der Waals surface area contributed by atoms with Crippen molar-refractivity contribution in [3.63, 3.8) is 0 Å². The van der Waals surface area contributed by atoms with Gasteiger partial charge in [-0.1, -0.05) is 68.9 Å². The van der Waals surface area contributed by atoms with Crippen LogP contribution in [0.2, 0.25) is 0 Å². The molecule has 0 aliphatic heterocycles. The molecule has 1 heteroatoms. The molecule has 1 aromatic rings. The molecule has 19 heavy (non-hydrogen) atoms. The van der Waals surface area contributed by atoms with Crippen LogP contribution in [0.4, 0.5) is 0 Å². The molecule has 0 spiro atoms. The van der Waals surface area contributed by atoms with Gasteiger partial charge in [0, 0.05) is 11.5 Å². The highest BCUT2D eigenvalue weighted by atomic mass is 14.8. The lowest BCUT2D eigenvalue weighted by Gasteiger charge is -2.43. The van der Waals surface area contributed by atoms with Gasteiger partial charge < -0.3 is 5.73 Å². The second-order valence-corrected chi connectivity index (χ2v) is 6.80. The molecule has 0 radical (unpaired) electrons. The molecule has 2 saturated carbocycles. The molecule has 0 aromatic heterocycles. The topological polar surface area (TPSA) is 26.0 Å². The lowest BCUT2D eigenvalue weighted by atomic mass is 9.66. The molecular formula is C18H27N. The largest absolute Gasteiger partial charge is 0.325 e. The van der Waals surface area contributed by atoms with Crippen molar-refractivity contribution in [1.82, 2.24) is 0 Å². The molecule has 0 amide bonds. The van der Waals surface area contributed by atoms with E-state index in [-0.39, 0.29) is 5.54 Å². The smallest absolute Gasteiger partial charge is 0.0226 e. The van der Waals surface area contributed by atoms with Crippen LogP contribution >= 0.6 is 0 Å². The minimum atomic E-state index is 0.0641. The van der Waals surface area contributed by atoms with Gasteiger partial charge in [0.1, 0.15) is 0 Å². The fraction of sp³-hybridized carbons (Fsp3) is 0.667. The van der Waals surface area contributed by atoms with Gasteiger partial charge in [-0.2, -0.15) is 0 Å². The lowest BCUT2D eigenvalue weighted by Crippen LogP contribution is -2.49. The molecule has 2 aliphatic rings. The maximum absolute atomic E-state index is 6.92. The minimum absolute atomic E-state index is 0.0641. The van der Waals surface area contributed by atoms with Crippen LogP contribution in [-0.4, -0.2) is 5.54 Å². The molecule has 2 N–H and O–H groups in total. The van der Waals surface area contributed by atoms with Gasteiger partial charge in [0.25, 0.3) is 0 Å². The zero-order chi connectivity index (χ0) is 13.1. The number of benzene rings is 1. The van der Waals surface area contributed by atoms with Crippen molar-refractivity contribution in [2.24, 2.45) is 11.7 Å². The fourth-order valence-corrected chi connectivity index (χ4v) is 4.44. The Labute approximate surface area is 117 Å². The van der Waals surface area contributed by atoms with Crippen LogP contribution in [-0.2, 0) is 0 Å². The van der Waals surface area contributed by atoms with E-state index in [1.165, 1.54) is 63.4 Å². The van der Waals surface area contributed by atoms with Gasteiger partial charge in [-0.25, -0.2) is 0 Å². The van der Waals surface area contributed by atoms with Crippen LogP contribution in [0.15, 0.2) is 30.3 Å². The highest BCUT2D eigenvalue weighted by molar-refractivity contribution is 5.25. The molecule has 2 aliphatic carbocycles. The fourth-order valence-electron chi connectivity index (χ4n) is 4.44. The van der Waals surface area contributed by atoms with Gasteiger partial charge in [0.2, 0.25) is 0 Å². The third-order valence-electron chi connectivity index (χ3n) is 5.42. The van der Waals surface area contributed by atoms with Crippen LogP contribution < -0.4 is 5.73 Å². The van der Waals surface area contributed by atoms with Gasteiger partial charge in [0.15, 0.2) is 0 Å². The van der Waals surface area contributed by atoms with E-state index in [0.717, 1.165) is 5.92 Å². The standard InChI is InChI=1S/C18H27N/c19-18(14-15-8-4-5-9-15)13-7-6-12-17(18)16-10-2-1-3-11-16/h1-3,10-11,15,17H,4-9,12-14,19H2. The molecule has 2 unspecified atom stereocenters. The molecular weight excluding hydrogens is 230 g/mol. The van der Waals surface area contributed by atoms with E-state index in [1.54, 1.807) is 0 Å². The van der Waals surface area contributed by atoms with Gasteiger partial charge in [-0.15, -0.1) is 0 Å². The second kappa shape index (κ2) is 5.66. The first kappa shape index (κ1) is 13.2. The number of nitrogens with two attached hydrogens (primary N) is 1. The van der Waals surface area contributed by atoms with E-state index in [9.17, 15) is 0 Å². The summed E-state index contributed by atoms with van der Waals surface area (Å²) in [6.45, 7) is 0. The molecule has 2 fully saturated rings. The Morgan fingerprint density at radius 1 is 0.947 bits per heavy atom. The molecule has 2 atom stereocenters. The molecule has 0 heterocycles. The van der Waals surface area contributed by atoms with Crippen molar-refractivity contribution < 1.29 is 0 Å². The van der Waals surface area contributed by atoms with E-state index < -0.39 is 0 Å². The summed E-state index contributed by atoms with van der Waals surface area (Å²) in [5, 5.41) is 0. The zero-order valence-electron chi connectivity index (χ0n) is 12.0. The monoisotopic (exact) mass is 257 g/mol. The van der Waals surface area contributed by atoms with E-state index in [4.69, 9.17) is 5.73 Å². The summed E-state index contributed by atoms with van der Waals surface area (Å²) in [6, 6.07) is 11.0. The summed E-state index contributed by atoms with van der Waals surface area (Å²) in [6.07, 6.45) is 12.1. The van der Waals surface area contributed by atoms with Gasteiger partial charge in [0.05, 0.1) is 0 Å². The summed E-state index contributed by atoms with van der Waals surface area (Å²) >= 11 is 0. The molecule has 104 valence electrons. The van der Waals surface area contributed by atoms with Crippen molar-refractivity contribution in [3.05, 3.63) is 35.9 Å². The number of hydrogen-bond acceptors (Lipinski definition) is 1. The van der Waals surface area contributed by atoms with Gasteiger partial charge in [-0.05, 0) is 30.7 Å². The average molecular weight is 257 g/mol. The van der Waals surface area contributed by atoms with Gasteiger partial charge >= 0.3 is 0 Å². The quantitative estimate of drug-likeness (QED) is 0.840. The summed E-state index contributed by atoms with van der Waals surface area (Å²) in [5.41, 5.74) is 8.45. The molecule has 0 saturated heterocycles. The first-order chi connectivity index (χ1) is 9.28. The van der Waals surface area contributed by atoms with Gasteiger partial charge in [-0.3, -0.25) is 0 Å². The Morgan fingerprint density at radius 3 is 2.37 bits per heavy atom. The predicted octanol–water partition coefficient (Wildman–Crippen LogP) is 4.62. The zero-order valence-corrected chi connectivity index (χ0v) is 12.0. The van der Waals surface area contributed by atoms with Crippen molar-refractivity contribution in [1.29, 1.82) is 0 Å².